The van der Waals surface area contributed by atoms with Gasteiger partial charge in [0.15, 0.2) is 0 Å². The molecular formula is C20H32O2. The van der Waals surface area contributed by atoms with Crippen molar-refractivity contribution < 1.29 is 9.53 Å². The standard InChI is InChI=1S/C20H32O2/c1-15(9-7-10-17(3)19(21)22-6)12-13-18-16(2)11-8-14-20(18,4)5/h7,9-10,17H,8,11-14H2,1-6H3/b10-7+,15-9+/t17-/m1/s1. The third-order valence-electron chi connectivity index (χ3n) is 4.81. The Labute approximate surface area is 136 Å². The van der Waals surface area contributed by atoms with Crippen LogP contribution in [0.5, 0.6) is 0 Å². The van der Waals surface area contributed by atoms with Gasteiger partial charge in [0.25, 0.3) is 0 Å². The van der Waals surface area contributed by atoms with Gasteiger partial charge in [-0.05, 0) is 58.3 Å². The average molecular weight is 304 g/mol. The Balaban J connectivity index is 2.58. The van der Waals surface area contributed by atoms with Crippen LogP contribution in [0.4, 0.5) is 0 Å². The first-order chi connectivity index (χ1) is 10.3. The fourth-order valence-corrected chi connectivity index (χ4v) is 3.28. The van der Waals surface area contributed by atoms with Crippen molar-refractivity contribution in [3.8, 4) is 0 Å². The lowest BCUT2D eigenvalue weighted by Crippen LogP contribution is -2.20. The summed E-state index contributed by atoms with van der Waals surface area (Å²) >= 11 is 0. The Kier molecular flexibility index (Phi) is 7.12. The van der Waals surface area contributed by atoms with Gasteiger partial charge in [-0.15, -0.1) is 0 Å². The van der Waals surface area contributed by atoms with Crippen LogP contribution in [0, 0.1) is 11.3 Å². The number of allylic oxidation sites excluding steroid dienone is 5. The van der Waals surface area contributed by atoms with E-state index in [-0.39, 0.29) is 11.9 Å². The summed E-state index contributed by atoms with van der Waals surface area (Å²) in [5.41, 5.74) is 4.96. The van der Waals surface area contributed by atoms with Gasteiger partial charge in [-0.25, -0.2) is 0 Å². The Morgan fingerprint density at radius 1 is 1.41 bits per heavy atom. The number of esters is 1. The zero-order chi connectivity index (χ0) is 16.8. The second-order valence-electron chi connectivity index (χ2n) is 7.21. The first kappa shape index (κ1) is 18.7. The molecule has 0 unspecified atom stereocenters. The largest absolute Gasteiger partial charge is 0.469 e. The molecular weight excluding hydrogens is 272 g/mol. The summed E-state index contributed by atoms with van der Waals surface area (Å²) in [6, 6.07) is 0. The normalized spacial score (nSPS) is 20.4. The van der Waals surface area contributed by atoms with Gasteiger partial charge in [0.1, 0.15) is 0 Å². The third kappa shape index (κ3) is 5.47. The van der Waals surface area contributed by atoms with E-state index in [4.69, 9.17) is 4.74 Å². The fraction of sp³-hybridized carbons (Fsp3) is 0.650. The van der Waals surface area contributed by atoms with Crippen LogP contribution < -0.4 is 0 Å². The Morgan fingerprint density at radius 3 is 2.68 bits per heavy atom. The van der Waals surface area contributed by atoms with Gasteiger partial charge in [0.2, 0.25) is 0 Å². The van der Waals surface area contributed by atoms with Crippen LogP contribution in [0.1, 0.15) is 66.7 Å². The second-order valence-corrected chi connectivity index (χ2v) is 7.21. The quantitative estimate of drug-likeness (QED) is 0.362. The monoisotopic (exact) mass is 304 g/mol. The average Bonchev–Trinajstić information content (AvgIpc) is 2.45. The topological polar surface area (TPSA) is 26.3 Å². The van der Waals surface area contributed by atoms with Gasteiger partial charge in [-0.3, -0.25) is 4.79 Å². The molecule has 1 atom stereocenters. The molecule has 0 aliphatic heterocycles. The molecule has 1 aliphatic carbocycles. The maximum Gasteiger partial charge on any atom is 0.312 e. The van der Waals surface area contributed by atoms with Crippen LogP contribution in [-0.4, -0.2) is 13.1 Å². The van der Waals surface area contributed by atoms with Gasteiger partial charge >= 0.3 is 5.97 Å². The predicted octanol–water partition coefficient (Wildman–Crippen LogP) is 5.60. The Morgan fingerprint density at radius 2 is 2.09 bits per heavy atom. The van der Waals surface area contributed by atoms with Crippen LogP contribution in [0.3, 0.4) is 0 Å². The molecule has 2 heteroatoms. The first-order valence-electron chi connectivity index (χ1n) is 8.39. The molecule has 0 aromatic heterocycles. The van der Waals surface area contributed by atoms with Crippen molar-refractivity contribution in [2.45, 2.75) is 66.7 Å². The maximum absolute atomic E-state index is 11.3. The smallest absolute Gasteiger partial charge is 0.312 e. The van der Waals surface area contributed by atoms with Gasteiger partial charge in [-0.2, -0.15) is 0 Å². The molecule has 124 valence electrons. The summed E-state index contributed by atoms with van der Waals surface area (Å²) in [4.78, 5) is 11.3. The molecule has 0 radical (unpaired) electrons. The number of hydrogen-bond donors (Lipinski definition) is 0. The molecule has 0 bridgehead atoms. The molecule has 0 spiro atoms. The minimum atomic E-state index is -0.188. The number of hydrogen-bond acceptors (Lipinski definition) is 2. The lowest BCUT2D eigenvalue weighted by Gasteiger charge is -2.34. The zero-order valence-corrected chi connectivity index (χ0v) is 15.2. The molecule has 0 fully saturated rings. The summed E-state index contributed by atoms with van der Waals surface area (Å²) in [5.74, 6) is -0.372. The zero-order valence-electron chi connectivity index (χ0n) is 15.2. The maximum atomic E-state index is 11.3. The molecule has 0 aromatic rings. The summed E-state index contributed by atoms with van der Waals surface area (Å²) in [5, 5.41) is 0. The highest BCUT2D eigenvalue weighted by molar-refractivity contribution is 5.73. The number of rotatable bonds is 6. The summed E-state index contributed by atoms with van der Waals surface area (Å²) in [6.07, 6.45) is 12.1. The third-order valence-corrected chi connectivity index (χ3v) is 4.81. The van der Waals surface area contributed by atoms with E-state index in [0.29, 0.717) is 5.41 Å². The van der Waals surface area contributed by atoms with Crippen LogP contribution in [0.25, 0.3) is 0 Å². The molecule has 0 N–H and O–H groups in total. The summed E-state index contributed by atoms with van der Waals surface area (Å²) in [6.45, 7) is 11.1. The van der Waals surface area contributed by atoms with Crippen molar-refractivity contribution in [1.82, 2.24) is 0 Å². The highest BCUT2D eigenvalue weighted by Gasteiger charge is 2.27. The van der Waals surface area contributed by atoms with E-state index in [1.807, 2.05) is 19.1 Å². The van der Waals surface area contributed by atoms with Crippen LogP contribution in [-0.2, 0) is 9.53 Å². The van der Waals surface area contributed by atoms with E-state index < -0.39 is 0 Å². The fourth-order valence-electron chi connectivity index (χ4n) is 3.28. The SMILES string of the molecule is COC(=O)[C@H](C)/C=C/C=C(\C)CCC1=C(C)CCCC1(C)C. The van der Waals surface area contributed by atoms with Gasteiger partial charge in [0, 0.05) is 0 Å². The lowest BCUT2D eigenvalue weighted by molar-refractivity contribution is -0.143. The molecule has 1 rings (SSSR count). The van der Waals surface area contributed by atoms with Crippen molar-refractivity contribution in [3.63, 3.8) is 0 Å². The van der Waals surface area contributed by atoms with Crippen molar-refractivity contribution in [3.05, 3.63) is 34.9 Å². The molecule has 0 amide bonds. The predicted molar refractivity (Wildman–Crippen MR) is 93.6 cm³/mol. The number of ether oxygens (including phenoxy) is 1. The second kappa shape index (κ2) is 8.36. The summed E-state index contributed by atoms with van der Waals surface area (Å²) < 4.78 is 4.71. The van der Waals surface area contributed by atoms with Gasteiger partial charge in [-0.1, -0.05) is 48.8 Å². The van der Waals surface area contributed by atoms with Crippen molar-refractivity contribution in [2.24, 2.45) is 11.3 Å². The lowest BCUT2D eigenvalue weighted by atomic mass is 9.71. The molecule has 0 saturated carbocycles. The molecule has 2 nitrogen and oxygen atoms in total. The highest BCUT2D eigenvalue weighted by Crippen LogP contribution is 2.42. The van der Waals surface area contributed by atoms with E-state index in [0.717, 1.165) is 12.8 Å². The van der Waals surface area contributed by atoms with E-state index in [1.165, 1.54) is 31.9 Å². The molecule has 22 heavy (non-hydrogen) atoms. The van der Waals surface area contributed by atoms with Crippen molar-refractivity contribution >= 4 is 5.97 Å². The van der Waals surface area contributed by atoms with E-state index in [9.17, 15) is 4.79 Å². The Hall–Kier alpha value is -1.31. The minimum absolute atomic E-state index is 0.184. The van der Waals surface area contributed by atoms with Gasteiger partial charge < -0.3 is 4.74 Å². The molecule has 0 aromatic carbocycles. The van der Waals surface area contributed by atoms with E-state index >= 15 is 0 Å². The summed E-state index contributed by atoms with van der Waals surface area (Å²) in [7, 11) is 1.43. The van der Waals surface area contributed by atoms with Crippen LogP contribution in [0.15, 0.2) is 34.9 Å². The van der Waals surface area contributed by atoms with Crippen LogP contribution in [0.2, 0.25) is 0 Å². The molecule has 1 aliphatic rings. The molecule has 0 heterocycles. The number of carbonyl (C=O) groups is 1. The van der Waals surface area contributed by atoms with Crippen molar-refractivity contribution in [1.29, 1.82) is 0 Å². The minimum Gasteiger partial charge on any atom is -0.469 e. The van der Waals surface area contributed by atoms with Crippen molar-refractivity contribution in [2.75, 3.05) is 7.11 Å². The molecule has 0 saturated heterocycles. The Bertz CT molecular complexity index is 478. The highest BCUT2D eigenvalue weighted by atomic mass is 16.5. The van der Waals surface area contributed by atoms with E-state index in [2.05, 4.69) is 33.8 Å². The number of methoxy groups -OCH3 is 1. The van der Waals surface area contributed by atoms with Crippen LogP contribution >= 0.6 is 0 Å². The number of carbonyl (C=O) groups excluding carboxylic acids is 1. The van der Waals surface area contributed by atoms with Gasteiger partial charge in [0.05, 0.1) is 13.0 Å². The van der Waals surface area contributed by atoms with E-state index in [1.54, 1.807) is 11.1 Å². The first-order valence-corrected chi connectivity index (χ1v) is 8.39.